The topological polar surface area (TPSA) is 24.5 Å². The highest BCUT2D eigenvalue weighted by Crippen LogP contribution is 2.31. The third-order valence-corrected chi connectivity index (χ3v) is 3.68. The van der Waals surface area contributed by atoms with E-state index >= 15 is 0 Å². The zero-order valence-corrected chi connectivity index (χ0v) is 12.1. The molecule has 1 heterocycles. The molecule has 0 aromatic heterocycles. The number of likely N-dealkylation sites (N-methyl/N-ethyl adjacent to an activating group) is 1. The van der Waals surface area contributed by atoms with Crippen molar-refractivity contribution in [2.45, 2.75) is 25.7 Å². The molecule has 118 valence electrons. The summed E-state index contributed by atoms with van der Waals surface area (Å²) in [7, 11) is 0. The number of nitrogens with one attached hydrogen (secondary N) is 1. The molecular formula is C15H21F3N2O. The molecule has 1 aromatic carbocycles. The summed E-state index contributed by atoms with van der Waals surface area (Å²) in [5.74, 6) is 0. The number of benzene rings is 1. The molecule has 6 heteroatoms. The lowest BCUT2D eigenvalue weighted by molar-refractivity contribution is -0.138. The van der Waals surface area contributed by atoms with E-state index in [4.69, 9.17) is 4.74 Å². The first-order valence-electron chi connectivity index (χ1n) is 7.20. The molecule has 0 bridgehead atoms. The van der Waals surface area contributed by atoms with Gasteiger partial charge < -0.3 is 10.1 Å². The van der Waals surface area contributed by atoms with Crippen LogP contribution in [0.2, 0.25) is 0 Å². The summed E-state index contributed by atoms with van der Waals surface area (Å²) in [6.07, 6.45) is -4.27. The van der Waals surface area contributed by atoms with Crippen LogP contribution in [0.1, 0.15) is 18.1 Å². The molecular weight excluding hydrogens is 281 g/mol. The first-order chi connectivity index (χ1) is 10.0. The largest absolute Gasteiger partial charge is 0.416 e. The molecule has 0 radical (unpaired) electrons. The van der Waals surface area contributed by atoms with E-state index in [1.807, 2.05) is 0 Å². The molecule has 0 spiro atoms. The monoisotopic (exact) mass is 302 g/mol. The van der Waals surface area contributed by atoms with Crippen molar-refractivity contribution >= 4 is 0 Å². The minimum absolute atomic E-state index is 0.0387. The third kappa shape index (κ3) is 4.69. The standard InChI is InChI=1S/C15H21F3N2O/c1-2-20-7-8-21-13(11-20)10-19-9-12-5-3-4-6-14(12)15(16,17)18/h3-6,13,19H,2,7-11H2,1H3. The fraction of sp³-hybridized carbons (Fsp3) is 0.600. The molecule has 0 aliphatic carbocycles. The van der Waals surface area contributed by atoms with Crippen LogP contribution in [0.3, 0.4) is 0 Å². The Morgan fingerprint density at radius 1 is 1.33 bits per heavy atom. The summed E-state index contributed by atoms with van der Waals surface area (Å²) in [6, 6.07) is 5.67. The lowest BCUT2D eigenvalue weighted by Gasteiger charge is -2.32. The molecule has 21 heavy (non-hydrogen) atoms. The lowest BCUT2D eigenvalue weighted by atomic mass is 10.1. The van der Waals surface area contributed by atoms with Crippen molar-refractivity contribution in [2.75, 3.05) is 32.8 Å². The minimum atomic E-state index is -4.31. The average Bonchev–Trinajstić information content (AvgIpc) is 2.47. The van der Waals surface area contributed by atoms with Crippen LogP contribution in [-0.2, 0) is 17.5 Å². The number of alkyl halides is 3. The Hall–Kier alpha value is -1.11. The van der Waals surface area contributed by atoms with Gasteiger partial charge in [0.25, 0.3) is 0 Å². The van der Waals surface area contributed by atoms with Crippen LogP contribution in [0.4, 0.5) is 13.2 Å². The second-order valence-electron chi connectivity index (χ2n) is 5.17. The molecule has 0 amide bonds. The lowest BCUT2D eigenvalue weighted by Crippen LogP contribution is -2.46. The van der Waals surface area contributed by atoms with E-state index < -0.39 is 11.7 Å². The highest BCUT2D eigenvalue weighted by Gasteiger charge is 2.32. The Bertz CT molecular complexity index is 451. The summed E-state index contributed by atoms with van der Waals surface area (Å²) in [4.78, 5) is 2.28. The smallest absolute Gasteiger partial charge is 0.374 e. The maximum Gasteiger partial charge on any atom is 0.416 e. The second kappa shape index (κ2) is 7.24. The van der Waals surface area contributed by atoms with Gasteiger partial charge in [-0.15, -0.1) is 0 Å². The van der Waals surface area contributed by atoms with Crippen LogP contribution in [0, 0.1) is 0 Å². The Morgan fingerprint density at radius 3 is 2.81 bits per heavy atom. The molecule has 1 N–H and O–H groups in total. The normalized spacial score (nSPS) is 20.7. The van der Waals surface area contributed by atoms with Crippen LogP contribution in [0.5, 0.6) is 0 Å². The fourth-order valence-corrected chi connectivity index (χ4v) is 2.51. The van der Waals surface area contributed by atoms with E-state index in [1.54, 1.807) is 6.07 Å². The van der Waals surface area contributed by atoms with Gasteiger partial charge in [-0.05, 0) is 18.2 Å². The van der Waals surface area contributed by atoms with Gasteiger partial charge in [0.1, 0.15) is 0 Å². The van der Waals surface area contributed by atoms with Crippen LogP contribution < -0.4 is 5.32 Å². The fourth-order valence-electron chi connectivity index (χ4n) is 2.51. The average molecular weight is 302 g/mol. The molecule has 1 aliphatic heterocycles. The molecule has 2 rings (SSSR count). The second-order valence-corrected chi connectivity index (χ2v) is 5.17. The number of nitrogens with zero attached hydrogens (tertiary/aromatic N) is 1. The highest BCUT2D eigenvalue weighted by molar-refractivity contribution is 5.29. The number of hydrogen-bond acceptors (Lipinski definition) is 3. The van der Waals surface area contributed by atoms with E-state index in [-0.39, 0.29) is 18.2 Å². The molecule has 1 saturated heterocycles. The van der Waals surface area contributed by atoms with E-state index in [0.29, 0.717) is 13.2 Å². The van der Waals surface area contributed by atoms with Crippen LogP contribution >= 0.6 is 0 Å². The first kappa shape index (κ1) is 16.3. The number of hydrogen-bond donors (Lipinski definition) is 1. The maximum atomic E-state index is 12.9. The van der Waals surface area contributed by atoms with Crippen molar-refractivity contribution in [3.05, 3.63) is 35.4 Å². The number of ether oxygens (including phenoxy) is 1. The number of morpholine rings is 1. The molecule has 1 fully saturated rings. The van der Waals surface area contributed by atoms with Crippen molar-refractivity contribution in [1.82, 2.24) is 10.2 Å². The van der Waals surface area contributed by atoms with Gasteiger partial charge in [-0.25, -0.2) is 0 Å². The van der Waals surface area contributed by atoms with Crippen molar-refractivity contribution in [1.29, 1.82) is 0 Å². The molecule has 1 atom stereocenters. The summed E-state index contributed by atoms with van der Waals surface area (Å²) in [6.45, 7) is 6.24. The summed E-state index contributed by atoms with van der Waals surface area (Å²) in [5.41, 5.74) is -0.301. The van der Waals surface area contributed by atoms with Gasteiger partial charge in [0, 0.05) is 26.2 Å². The summed E-state index contributed by atoms with van der Waals surface area (Å²) < 4.78 is 44.2. The van der Waals surface area contributed by atoms with Crippen molar-refractivity contribution in [2.24, 2.45) is 0 Å². The van der Waals surface area contributed by atoms with Crippen LogP contribution in [-0.4, -0.2) is 43.8 Å². The Morgan fingerprint density at radius 2 is 2.10 bits per heavy atom. The Balaban J connectivity index is 1.86. The van der Waals surface area contributed by atoms with Crippen molar-refractivity contribution in [3.63, 3.8) is 0 Å². The van der Waals surface area contributed by atoms with Gasteiger partial charge in [0.2, 0.25) is 0 Å². The van der Waals surface area contributed by atoms with E-state index in [0.717, 1.165) is 25.7 Å². The Kier molecular flexibility index (Phi) is 5.61. The maximum absolute atomic E-state index is 12.9. The zero-order valence-electron chi connectivity index (χ0n) is 12.1. The Labute approximate surface area is 123 Å². The van der Waals surface area contributed by atoms with E-state index in [9.17, 15) is 13.2 Å². The van der Waals surface area contributed by atoms with Gasteiger partial charge in [0.15, 0.2) is 0 Å². The van der Waals surface area contributed by atoms with Crippen LogP contribution in [0.15, 0.2) is 24.3 Å². The molecule has 1 aliphatic rings. The summed E-state index contributed by atoms with van der Waals surface area (Å²) >= 11 is 0. The van der Waals surface area contributed by atoms with Crippen molar-refractivity contribution < 1.29 is 17.9 Å². The van der Waals surface area contributed by atoms with Gasteiger partial charge in [-0.1, -0.05) is 25.1 Å². The molecule has 0 saturated carbocycles. The SMILES string of the molecule is CCN1CCOC(CNCc2ccccc2C(F)(F)F)C1. The first-order valence-corrected chi connectivity index (χ1v) is 7.20. The minimum Gasteiger partial charge on any atom is -0.374 e. The predicted molar refractivity (Wildman–Crippen MR) is 75.0 cm³/mol. The highest BCUT2D eigenvalue weighted by atomic mass is 19.4. The molecule has 1 unspecified atom stereocenters. The van der Waals surface area contributed by atoms with E-state index in [1.165, 1.54) is 12.1 Å². The van der Waals surface area contributed by atoms with Crippen molar-refractivity contribution in [3.8, 4) is 0 Å². The third-order valence-electron chi connectivity index (χ3n) is 3.68. The van der Waals surface area contributed by atoms with Gasteiger partial charge in [0.05, 0.1) is 18.3 Å². The van der Waals surface area contributed by atoms with Gasteiger partial charge in [-0.2, -0.15) is 13.2 Å². The van der Waals surface area contributed by atoms with E-state index in [2.05, 4.69) is 17.1 Å². The van der Waals surface area contributed by atoms with Gasteiger partial charge >= 0.3 is 6.18 Å². The molecule has 3 nitrogen and oxygen atoms in total. The summed E-state index contributed by atoms with van der Waals surface area (Å²) in [5, 5.41) is 3.08. The quantitative estimate of drug-likeness (QED) is 0.904. The predicted octanol–water partition coefficient (Wildman–Crippen LogP) is 2.52. The van der Waals surface area contributed by atoms with Crippen LogP contribution in [0.25, 0.3) is 0 Å². The number of halogens is 3. The van der Waals surface area contributed by atoms with Gasteiger partial charge in [-0.3, -0.25) is 4.90 Å². The zero-order chi connectivity index (χ0) is 15.3. The number of rotatable bonds is 5. The molecule has 1 aromatic rings.